The summed E-state index contributed by atoms with van der Waals surface area (Å²) in [5, 5.41) is 0. The standard InChI is InChI=1S/C10H20O/c1-3-9(2)6-4-5-7-10-8-11-10/h9-10H,3-8H2,1-2H3/t9-,10?/m1/s1. The average Bonchev–Trinajstić information content (AvgIpc) is 2.81. The van der Waals surface area contributed by atoms with E-state index in [1.165, 1.54) is 32.1 Å². The van der Waals surface area contributed by atoms with E-state index >= 15 is 0 Å². The molecule has 0 aromatic heterocycles. The first-order chi connectivity index (χ1) is 5.33. The Morgan fingerprint density at radius 2 is 2.18 bits per heavy atom. The van der Waals surface area contributed by atoms with Crippen molar-refractivity contribution in [1.82, 2.24) is 0 Å². The second-order valence-electron chi connectivity index (χ2n) is 3.75. The van der Waals surface area contributed by atoms with E-state index in [-0.39, 0.29) is 0 Å². The maximum Gasteiger partial charge on any atom is 0.0810 e. The second kappa shape index (κ2) is 4.76. The Kier molecular flexibility index (Phi) is 3.92. The molecule has 0 amide bonds. The van der Waals surface area contributed by atoms with Crippen LogP contribution in [0.15, 0.2) is 0 Å². The number of epoxide rings is 1. The topological polar surface area (TPSA) is 12.5 Å². The quantitative estimate of drug-likeness (QED) is 0.425. The fourth-order valence-corrected chi connectivity index (χ4v) is 1.30. The van der Waals surface area contributed by atoms with Gasteiger partial charge in [0.25, 0.3) is 0 Å². The first kappa shape index (κ1) is 9.05. The molecule has 1 aliphatic heterocycles. The fourth-order valence-electron chi connectivity index (χ4n) is 1.30. The summed E-state index contributed by atoms with van der Waals surface area (Å²) in [4.78, 5) is 0. The van der Waals surface area contributed by atoms with Crippen LogP contribution in [-0.2, 0) is 4.74 Å². The lowest BCUT2D eigenvalue weighted by Gasteiger charge is -2.06. The van der Waals surface area contributed by atoms with E-state index < -0.39 is 0 Å². The zero-order valence-corrected chi connectivity index (χ0v) is 7.81. The summed E-state index contributed by atoms with van der Waals surface area (Å²) in [6, 6.07) is 0. The Balaban J connectivity index is 1.79. The largest absolute Gasteiger partial charge is 0.373 e. The second-order valence-corrected chi connectivity index (χ2v) is 3.75. The van der Waals surface area contributed by atoms with Gasteiger partial charge in [0.2, 0.25) is 0 Å². The molecule has 2 atom stereocenters. The Morgan fingerprint density at radius 1 is 1.45 bits per heavy atom. The molecular weight excluding hydrogens is 136 g/mol. The number of hydrogen-bond donors (Lipinski definition) is 0. The summed E-state index contributed by atoms with van der Waals surface area (Å²) in [5.74, 6) is 0.926. The van der Waals surface area contributed by atoms with Crippen molar-refractivity contribution in [3.05, 3.63) is 0 Å². The molecule has 1 aliphatic rings. The third kappa shape index (κ3) is 4.41. The fraction of sp³-hybridized carbons (Fsp3) is 1.00. The van der Waals surface area contributed by atoms with Crippen LogP contribution in [0.25, 0.3) is 0 Å². The van der Waals surface area contributed by atoms with Crippen molar-refractivity contribution in [3.63, 3.8) is 0 Å². The van der Waals surface area contributed by atoms with Crippen molar-refractivity contribution >= 4 is 0 Å². The highest BCUT2D eigenvalue weighted by molar-refractivity contribution is 4.68. The normalized spacial score (nSPS) is 25.1. The number of rotatable bonds is 6. The average molecular weight is 156 g/mol. The molecule has 0 spiro atoms. The Hall–Kier alpha value is -0.0400. The summed E-state index contributed by atoms with van der Waals surface area (Å²) in [6.07, 6.45) is 7.45. The van der Waals surface area contributed by atoms with Gasteiger partial charge in [-0.2, -0.15) is 0 Å². The van der Waals surface area contributed by atoms with Gasteiger partial charge >= 0.3 is 0 Å². The summed E-state index contributed by atoms with van der Waals surface area (Å²) >= 11 is 0. The predicted octanol–water partition coefficient (Wildman–Crippen LogP) is 2.99. The Morgan fingerprint density at radius 3 is 2.73 bits per heavy atom. The minimum absolute atomic E-state index is 0.645. The van der Waals surface area contributed by atoms with Gasteiger partial charge in [0, 0.05) is 0 Å². The van der Waals surface area contributed by atoms with E-state index in [0.717, 1.165) is 12.5 Å². The van der Waals surface area contributed by atoms with Crippen molar-refractivity contribution in [3.8, 4) is 0 Å². The molecule has 0 radical (unpaired) electrons. The zero-order valence-electron chi connectivity index (χ0n) is 7.81. The van der Waals surface area contributed by atoms with Crippen LogP contribution in [0.1, 0.15) is 46.0 Å². The Labute approximate surface area is 70.1 Å². The maximum atomic E-state index is 5.14. The van der Waals surface area contributed by atoms with Crippen LogP contribution in [0.2, 0.25) is 0 Å². The van der Waals surface area contributed by atoms with Crippen LogP contribution < -0.4 is 0 Å². The van der Waals surface area contributed by atoms with Gasteiger partial charge in [-0.25, -0.2) is 0 Å². The van der Waals surface area contributed by atoms with Gasteiger partial charge in [-0.3, -0.25) is 0 Å². The molecule has 1 nitrogen and oxygen atoms in total. The van der Waals surface area contributed by atoms with E-state index in [0.29, 0.717) is 6.10 Å². The molecule has 1 fully saturated rings. The van der Waals surface area contributed by atoms with E-state index in [4.69, 9.17) is 4.74 Å². The minimum Gasteiger partial charge on any atom is -0.373 e. The van der Waals surface area contributed by atoms with Crippen molar-refractivity contribution in [2.75, 3.05) is 6.61 Å². The molecule has 11 heavy (non-hydrogen) atoms. The number of hydrogen-bond acceptors (Lipinski definition) is 1. The van der Waals surface area contributed by atoms with Crippen molar-refractivity contribution in [2.24, 2.45) is 5.92 Å². The van der Waals surface area contributed by atoms with Crippen molar-refractivity contribution in [1.29, 1.82) is 0 Å². The monoisotopic (exact) mass is 156 g/mol. The molecule has 1 unspecified atom stereocenters. The van der Waals surface area contributed by atoms with Gasteiger partial charge in [0.1, 0.15) is 0 Å². The lowest BCUT2D eigenvalue weighted by Crippen LogP contribution is -1.92. The zero-order chi connectivity index (χ0) is 8.10. The van der Waals surface area contributed by atoms with Crippen LogP contribution in [0.4, 0.5) is 0 Å². The molecule has 1 heteroatoms. The predicted molar refractivity (Wildman–Crippen MR) is 47.7 cm³/mol. The number of unbranched alkanes of at least 4 members (excludes halogenated alkanes) is 1. The van der Waals surface area contributed by atoms with Gasteiger partial charge < -0.3 is 4.74 Å². The van der Waals surface area contributed by atoms with Crippen molar-refractivity contribution < 1.29 is 4.74 Å². The maximum absolute atomic E-state index is 5.14. The van der Waals surface area contributed by atoms with Crippen molar-refractivity contribution in [2.45, 2.75) is 52.1 Å². The highest BCUT2D eigenvalue weighted by atomic mass is 16.6. The molecule has 0 aromatic rings. The highest BCUT2D eigenvalue weighted by Crippen LogP contribution is 2.19. The van der Waals surface area contributed by atoms with Gasteiger partial charge in [0.05, 0.1) is 12.7 Å². The van der Waals surface area contributed by atoms with E-state index in [1.807, 2.05) is 0 Å². The first-order valence-electron chi connectivity index (χ1n) is 4.94. The first-order valence-corrected chi connectivity index (χ1v) is 4.94. The van der Waals surface area contributed by atoms with Gasteiger partial charge in [-0.05, 0) is 12.3 Å². The third-order valence-corrected chi connectivity index (χ3v) is 2.57. The van der Waals surface area contributed by atoms with E-state index in [1.54, 1.807) is 0 Å². The molecule has 0 aromatic carbocycles. The van der Waals surface area contributed by atoms with E-state index in [2.05, 4.69) is 13.8 Å². The summed E-state index contributed by atoms with van der Waals surface area (Å²) in [6.45, 7) is 5.64. The van der Waals surface area contributed by atoms with Gasteiger partial charge in [0.15, 0.2) is 0 Å². The minimum atomic E-state index is 0.645. The lowest BCUT2D eigenvalue weighted by molar-refractivity contribution is 0.382. The molecule has 1 saturated heterocycles. The molecule has 66 valence electrons. The molecule has 1 rings (SSSR count). The van der Waals surface area contributed by atoms with Crippen LogP contribution in [0.3, 0.4) is 0 Å². The van der Waals surface area contributed by atoms with Crippen LogP contribution >= 0.6 is 0 Å². The Bertz CT molecular complexity index is 97.0. The summed E-state index contributed by atoms with van der Waals surface area (Å²) in [7, 11) is 0. The summed E-state index contributed by atoms with van der Waals surface area (Å²) < 4.78 is 5.14. The van der Waals surface area contributed by atoms with Gasteiger partial charge in [-0.1, -0.05) is 39.5 Å². The molecule has 0 bridgehead atoms. The molecule has 0 N–H and O–H groups in total. The molecule has 0 saturated carbocycles. The van der Waals surface area contributed by atoms with Crippen LogP contribution in [-0.4, -0.2) is 12.7 Å². The SMILES string of the molecule is CC[C@@H](C)CCCCC1CO1. The van der Waals surface area contributed by atoms with Crippen LogP contribution in [0.5, 0.6) is 0 Å². The molecule has 0 aliphatic carbocycles. The van der Waals surface area contributed by atoms with Crippen LogP contribution in [0, 0.1) is 5.92 Å². The molecular formula is C10H20O. The van der Waals surface area contributed by atoms with E-state index in [9.17, 15) is 0 Å². The van der Waals surface area contributed by atoms with Gasteiger partial charge in [-0.15, -0.1) is 0 Å². The molecule has 1 heterocycles. The summed E-state index contributed by atoms with van der Waals surface area (Å²) in [5.41, 5.74) is 0. The highest BCUT2D eigenvalue weighted by Gasteiger charge is 2.20. The third-order valence-electron chi connectivity index (χ3n) is 2.57. The number of ether oxygens (including phenoxy) is 1. The smallest absolute Gasteiger partial charge is 0.0810 e. The lowest BCUT2D eigenvalue weighted by atomic mass is 10.0.